The maximum atomic E-state index is 13.5. The molecule has 2 heterocycles. The van der Waals surface area contributed by atoms with Crippen LogP contribution in [0.1, 0.15) is 51.5 Å². The number of piperazine rings is 1. The summed E-state index contributed by atoms with van der Waals surface area (Å²) in [6, 6.07) is 16.3. The number of amides is 2. The second kappa shape index (κ2) is 13.7. The Hall–Kier alpha value is -4.10. The lowest BCUT2D eigenvalue weighted by atomic mass is 9.99. The summed E-state index contributed by atoms with van der Waals surface area (Å²) >= 11 is 0. The quantitative estimate of drug-likeness (QED) is 0.321. The minimum Gasteiger partial charge on any atom is -0.508 e. The molecule has 0 saturated carbocycles. The van der Waals surface area contributed by atoms with Crippen molar-refractivity contribution in [2.75, 3.05) is 39.3 Å². The molecule has 7 nitrogen and oxygen atoms in total. The highest BCUT2D eigenvalue weighted by Crippen LogP contribution is 2.37. The fraction of sp³-hybridized carbons (Fsp3) is 0.394. The van der Waals surface area contributed by atoms with Crippen LogP contribution in [0.25, 0.3) is 0 Å². The number of nitrogens with one attached hydrogen (secondary N) is 1. The number of alkyl halides is 6. The highest BCUT2D eigenvalue weighted by Gasteiger charge is 2.39. The molecule has 46 heavy (non-hydrogen) atoms. The molecule has 0 aliphatic carbocycles. The van der Waals surface area contributed by atoms with Gasteiger partial charge in [-0.3, -0.25) is 14.5 Å². The molecule has 3 aromatic rings. The van der Waals surface area contributed by atoms with E-state index in [0.717, 1.165) is 37.4 Å². The number of aromatic hydroxyl groups is 1. The summed E-state index contributed by atoms with van der Waals surface area (Å²) in [7, 11) is 0. The van der Waals surface area contributed by atoms with Crippen LogP contribution >= 0.6 is 0 Å². The first-order valence-corrected chi connectivity index (χ1v) is 14.9. The van der Waals surface area contributed by atoms with Crippen molar-refractivity contribution in [2.24, 2.45) is 0 Å². The van der Waals surface area contributed by atoms with Gasteiger partial charge in [-0.15, -0.1) is 0 Å². The minimum absolute atomic E-state index is 0.0123. The first kappa shape index (κ1) is 33.3. The van der Waals surface area contributed by atoms with E-state index in [-0.39, 0.29) is 49.9 Å². The van der Waals surface area contributed by atoms with Crippen molar-refractivity contribution in [1.82, 2.24) is 20.0 Å². The minimum atomic E-state index is -5.10. The zero-order valence-electron chi connectivity index (χ0n) is 24.8. The number of carbonyl (C=O) groups is 2. The Kier molecular flexibility index (Phi) is 9.92. The van der Waals surface area contributed by atoms with Crippen LogP contribution in [0.5, 0.6) is 5.75 Å². The Labute approximate surface area is 262 Å². The zero-order chi connectivity index (χ0) is 33.1. The van der Waals surface area contributed by atoms with Gasteiger partial charge >= 0.3 is 12.4 Å². The van der Waals surface area contributed by atoms with Gasteiger partial charge in [0.25, 0.3) is 5.91 Å². The summed E-state index contributed by atoms with van der Waals surface area (Å²) < 4.78 is 80.7. The van der Waals surface area contributed by atoms with Gasteiger partial charge in [0.15, 0.2) is 0 Å². The van der Waals surface area contributed by atoms with Crippen molar-refractivity contribution in [2.45, 2.75) is 43.8 Å². The van der Waals surface area contributed by atoms with E-state index in [1.807, 2.05) is 18.2 Å². The molecule has 0 bridgehead atoms. The number of phenols is 1. The number of carbonyl (C=O) groups excluding carboxylic acids is 2. The fourth-order valence-electron chi connectivity index (χ4n) is 5.98. The van der Waals surface area contributed by atoms with E-state index in [9.17, 15) is 41.0 Å². The summed E-state index contributed by atoms with van der Waals surface area (Å²) in [5.74, 6) is -1.29. The third kappa shape index (κ3) is 8.18. The van der Waals surface area contributed by atoms with Gasteiger partial charge in [0.2, 0.25) is 5.91 Å². The van der Waals surface area contributed by atoms with E-state index in [0.29, 0.717) is 17.7 Å². The second-order valence-corrected chi connectivity index (χ2v) is 11.7. The van der Waals surface area contributed by atoms with Crippen LogP contribution in [0.15, 0.2) is 72.8 Å². The number of hydrogen-bond acceptors (Lipinski definition) is 5. The van der Waals surface area contributed by atoms with Crippen molar-refractivity contribution < 1.29 is 41.0 Å². The topological polar surface area (TPSA) is 76.1 Å². The number of rotatable bonds is 7. The molecule has 3 aromatic carbocycles. The molecule has 1 unspecified atom stereocenters. The molecule has 2 aliphatic heterocycles. The summed E-state index contributed by atoms with van der Waals surface area (Å²) in [5.41, 5.74) is -2.11. The van der Waals surface area contributed by atoms with E-state index in [4.69, 9.17) is 0 Å². The van der Waals surface area contributed by atoms with Crippen molar-refractivity contribution in [3.8, 4) is 5.75 Å². The van der Waals surface area contributed by atoms with Crippen LogP contribution in [0.3, 0.4) is 0 Å². The van der Waals surface area contributed by atoms with Gasteiger partial charge in [-0.25, -0.2) is 0 Å². The van der Waals surface area contributed by atoms with Gasteiger partial charge in [-0.05, 0) is 67.4 Å². The highest BCUT2D eigenvalue weighted by molar-refractivity contribution is 5.95. The molecule has 13 heteroatoms. The Morgan fingerprint density at radius 1 is 0.804 bits per heavy atom. The van der Waals surface area contributed by atoms with E-state index in [2.05, 4.69) is 22.3 Å². The smallest absolute Gasteiger partial charge is 0.416 e. The molecule has 2 N–H and O–H groups in total. The van der Waals surface area contributed by atoms with Crippen molar-refractivity contribution >= 4 is 11.8 Å². The molecule has 0 radical (unpaired) electrons. The fourth-order valence-corrected chi connectivity index (χ4v) is 5.98. The Morgan fingerprint density at radius 2 is 1.41 bits per heavy atom. The molecule has 2 saturated heterocycles. The average molecular weight is 649 g/mol. The number of hydrogen-bond donors (Lipinski definition) is 2. The monoisotopic (exact) mass is 648 g/mol. The molecular formula is C33H34F6N4O3. The molecule has 0 spiro atoms. The average Bonchev–Trinajstić information content (AvgIpc) is 3.03. The second-order valence-electron chi connectivity index (χ2n) is 11.7. The number of halogens is 6. The first-order valence-electron chi connectivity index (χ1n) is 14.9. The molecule has 0 aromatic heterocycles. The molecule has 246 valence electrons. The van der Waals surface area contributed by atoms with Gasteiger partial charge in [-0.1, -0.05) is 42.5 Å². The van der Waals surface area contributed by atoms with Crippen LogP contribution in [0, 0.1) is 0 Å². The third-order valence-electron chi connectivity index (χ3n) is 8.48. The van der Waals surface area contributed by atoms with Crippen molar-refractivity contribution in [3.63, 3.8) is 0 Å². The van der Waals surface area contributed by atoms with Gasteiger partial charge in [0, 0.05) is 37.8 Å². The van der Waals surface area contributed by atoms with Gasteiger partial charge in [0.05, 0.1) is 23.7 Å². The normalized spacial score (nSPS) is 18.5. The summed E-state index contributed by atoms with van der Waals surface area (Å²) in [5, 5.41) is 13.1. The predicted octanol–water partition coefficient (Wildman–Crippen LogP) is 5.71. The third-order valence-corrected chi connectivity index (χ3v) is 8.48. The lowest BCUT2D eigenvalue weighted by Gasteiger charge is -2.42. The van der Waals surface area contributed by atoms with Gasteiger partial charge in [-0.2, -0.15) is 26.3 Å². The van der Waals surface area contributed by atoms with Crippen LogP contribution in [-0.4, -0.2) is 76.9 Å². The standard InChI is InChI=1S/C33H34F6N4O3/c34-32(35,36)25-16-24(17-26(18-25)33(37,38)39)31(46)42-14-15-43(29(21-42)23-6-8-28(44)9-7-23)30(45)19-40-27-10-12-41(13-11-27)20-22-4-2-1-3-5-22/h1-9,16-18,27,29,40,44H,10-15,19-21H2. The predicted molar refractivity (Wildman–Crippen MR) is 158 cm³/mol. The Morgan fingerprint density at radius 3 is 2.00 bits per heavy atom. The van der Waals surface area contributed by atoms with E-state index in [1.165, 1.54) is 17.7 Å². The largest absolute Gasteiger partial charge is 0.508 e. The molecule has 1 atom stereocenters. The number of benzene rings is 3. The summed E-state index contributed by atoms with van der Waals surface area (Å²) in [6.45, 7) is 2.36. The van der Waals surface area contributed by atoms with Crippen LogP contribution in [0.2, 0.25) is 0 Å². The number of phenolic OH excluding ortho intramolecular Hbond substituents is 1. The number of nitrogens with zero attached hydrogens (tertiary/aromatic N) is 3. The van der Waals surface area contributed by atoms with E-state index in [1.54, 1.807) is 17.0 Å². The summed E-state index contributed by atoms with van der Waals surface area (Å²) in [6.07, 6.45) is -8.50. The number of likely N-dealkylation sites (tertiary alicyclic amines) is 1. The van der Waals surface area contributed by atoms with E-state index >= 15 is 0 Å². The molecule has 2 amide bonds. The molecule has 5 rings (SSSR count). The summed E-state index contributed by atoms with van der Waals surface area (Å²) in [4.78, 5) is 31.9. The van der Waals surface area contributed by atoms with Crippen molar-refractivity contribution in [1.29, 1.82) is 0 Å². The van der Waals surface area contributed by atoms with Gasteiger partial charge in [0.1, 0.15) is 5.75 Å². The first-order chi connectivity index (χ1) is 21.8. The van der Waals surface area contributed by atoms with Crippen LogP contribution < -0.4 is 5.32 Å². The highest BCUT2D eigenvalue weighted by atomic mass is 19.4. The Balaban J connectivity index is 1.27. The maximum Gasteiger partial charge on any atom is 0.416 e. The molecule has 2 fully saturated rings. The lowest BCUT2D eigenvalue weighted by Crippen LogP contribution is -2.54. The molecular weight excluding hydrogens is 614 g/mol. The SMILES string of the molecule is O=C(c1cc(C(F)(F)F)cc(C(F)(F)F)c1)N1CCN(C(=O)CNC2CCN(Cc3ccccc3)CC2)C(c2ccc(O)cc2)C1. The van der Waals surface area contributed by atoms with Crippen molar-refractivity contribution in [3.05, 3.63) is 101 Å². The van der Waals surface area contributed by atoms with Crippen LogP contribution in [-0.2, 0) is 23.7 Å². The van der Waals surface area contributed by atoms with E-state index < -0.39 is 41.0 Å². The number of piperidine rings is 1. The van der Waals surface area contributed by atoms with Gasteiger partial charge < -0.3 is 20.2 Å². The molecule has 2 aliphatic rings. The zero-order valence-corrected chi connectivity index (χ0v) is 24.8. The Bertz CT molecular complexity index is 1470. The maximum absolute atomic E-state index is 13.5. The van der Waals surface area contributed by atoms with Crippen LogP contribution in [0.4, 0.5) is 26.3 Å². The lowest BCUT2D eigenvalue weighted by molar-refractivity contribution is -0.143.